The minimum Gasteiger partial charge on any atom is -0.481 e. The number of piperidine rings is 1. The van der Waals surface area contributed by atoms with E-state index in [2.05, 4.69) is 5.32 Å². The van der Waals surface area contributed by atoms with Crippen molar-refractivity contribution < 1.29 is 41.8 Å². The first kappa shape index (κ1) is 27.3. The minimum atomic E-state index is -5.24. The summed E-state index contributed by atoms with van der Waals surface area (Å²) in [5.41, 5.74) is -8.42. The maximum Gasteiger partial charge on any atom is 0.418 e. The molecule has 1 heterocycles. The van der Waals surface area contributed by atoms with E-state index in [-0.39, 0.29) is 6.42 Å². The Kier molecular flexibility index (Phi) is 7.19. The van der Waals surface area contributed by atoms with E-state index >= 15 is 4.39 Å². The fourth-order valence-electron chi connectivity index (χ4n) is 5.30. The number of carboxylic acid groups (broad SMARTS) is 2. The Morgan fingerprint density at radius 3 is 2.09 bits per heavy atom. The second-order valence-corrected chi connectivity index (χ2v) is 10.4. The maximum absolute atomic E-state index is 15.3. The molecule has 0 amide bonds. The number of benzene rings is 1. The number of rotatable bonds is 5. The Hall–Kier alpha value is -1.94. The zero-order valence-electron chi connectivity index (χ0n) is 18.8. The van der Waals surface area contributed by atoms with Gasteiger partial charge in [0.05, 0.1) is 27.5 Å². The van der Waals surface area contributed by atoms with E-state index in [1.165, 1.54) is 6.92 Å². The van der Waals surface area contributed by atoms with Crippen LogP contribution < -0.4 is 5.32 Å². The van der Waals surface area contributed by atoms with E-state index in [1.807, 2.05) is 0 Å². The van der Waals surface area contributed by atoms with Crippen LogP contribution in [0.2, 0.25) is 5.02 Å². The zero-order chi connectivity index (χ0) is 25.7. The molecule has 1 aliphatic heterocycles. The summed E-state index contributed by atoms with van der Waals surface area (Å²) >= 11 is 5.82. The SMILES string of the molecule is CC1NC(CF)C(C)(C(=O)O)C(c2c(F)ccc(Cl)c2C(F)(F)F)C1(CC(C)(C)C)C(=O)O. The molecule has 1 aromatic carbocycles. The third-order valence-corrected chi connectivity index (χ3v) is 6.93. The molecule has 0 aromatic heterocycles. The molecule has 33 heavy (non-hydrogen) atoms. The van der Waals surface area contributed by atoms with E-state index in [1.54, 1.807) is 20.8 Å². The zero-order valence-corrected chi connectivity index (χ0v) is 19.5. The van der Waals surface area contributed by atoms with Gasteiger partial charge in [0, 0.05) is 17.5 Å². The van der Waals surface area contributed by atoms with Gasteiger partial charge < -0.3 is 15.5 Å². The van der Waals surface area contributed by atoms with Crippen LogP contribution in [0, 0.1) is 22.1 Å². The lowest BCUT2D eigenvalue weighted by molar-refractivity contribution is -0.176. The van der Waals surface area contributed by atoms with Crippen LogP contribution in [0.4, 0.5) is 22.0 Å². The highest BCUT2D eigenvalue weighted by Gasteiger charge is 2.68. The minimum absolute atomic E-state index is 0.334. The number of aliphatic carboxylic acids is 2. The van der Waals surface area contributed by atoms with Crippen LogP contribution in [0.1, 0.15) is 58.1 Å². The number of alkyl halides is 4. The van der Waals surface area contributed by atoms with E-state index in [0.29, 0.717) is 12.1 Å². The van der Waals surface area contributed by atoms with Gasteiger partial charge in [-0.1, -0.05) is 32.4 Å². The second-order valence-electron chi connectivity index (χ2n) is 10.0. The summed E-state index contributed by atoms with van der Waals surface area (Å²) in [5, 5.41) is 22.3. The third kappa shape index (κ3) is 4.43. The Morgan fingerprint density at radius 1 is 1.15 bits per heavy atom. The Morgan fingerprint density at radius 2 is 1.70 bits per heavy atom. The van der Waals surface area contributed by atoms with Crippen molar-refractivity contribution in [2.24, 2.45) is 16.2 Å². The number of hydrogen-bond donors (Lipinski definition) is 3. The summed E-state index contributed by atoms with van der Waals surface area (Å²) in [6, 6.07) is -1.51. The molecule has 5 unspecified atom stereocenters. The highest BCUT2D eigenvalue weighted by atomic mass is 35.5. The van der Waals surface area contributed by atoms with E-state index in [9.17, 15) is 37.4 Å². The summed E-state index contributed by atoms with van der Waals surface area (Å²) < 4.78 is 71.8. The van der Waals surface area contributed by atoms with Crippen LogP contribution in [0.3, 0.4) is 0 Å². The largest absolute Gasteiger partial charge is 0.481 e. The van der Waals surface area contributed by atoms with Gasteiger partial charge in [0.15, 0.2) is 0 Å². The molecule has 5 nitrogen and oxygen atoms in total. The number of hydrogen-bond acceptors (Lipinski definition) is 3. The molecule has 1 aromatic rings. The van der Waals surface area contributed by atoms with E-state index in [0.717, 1.165) is 6.92 Å². The van der Waals surface area contributed by atoms with Gasteiger partial charge in [-0.2, -0.15) is 13.2 Å². The number of halogens is 6. The molecule has 3 N–H and O–H groups in total. The second kappa shape index (κ2) is 8.69. The number of nitrogens with one attached hydrogen (secondary N) is 1. The van der Waals surface area contributed by atoms with Gasteiger partial charge in [-0.25, -0.2) is 8.78 Å². The van der Waals surface area contributed by atoms with Crippen LogP contribution in [0.25, 0.3) is 0 Å². The van der Waals surface area contributed by atoms with Gasteiger partial charge in [-0.05, 0) is 37.8 Å². The molecule has 0 spiro atoms. The normalized spacial score (nSPS) is 30.8. The smallest absolute Gasteiger partial charge is 0.418 e. The molecule has 0 bridgehead atoms. The van der Waals surface area contributed by atoms with Crippen LogP contribution in [-0.2, 0) is 15.8 Å². The fraction of sp³-hybridized carbons (Fsp3) is 0.636. The predicted molar refractivity (Wildman–Crippen MR) is 111 cm³/mol. The lowest BCUT2D eigenvalue weighted by Crippen LogP contribution is -2.71. The van der Waals surface area contributed by atoms with Crippen molar-refractivity contribution in [2.45, 2.75) is 65.2 Å². The van der Waals surface area contributed by atoms with Gasteiger partial charge in [-0.3, -0.25) is 9.59 Å². The van der Waals surface area contributed by atoms with Crippen LogP contribution in [0.15, 0.2) is 12.1 Å². The molecular formula is C22H27ClF5NO4. The van der Waals surface area contributed by atoms with Gasteiger partial charge in [-0.15, -0.1) is 0 Å². The average molecular weight is 500 g/mol. The van der Waals surface area contributed by atoms with Gasteiger partial charge in [0.25, 0.3) is 0 Å². The molecule has 0 aliphatic carbocycles. The molecule has 11 heteroatoms. The number of carbonyl (C=O) groups is 2. The summed E-state index contributed by atoms with van der Waals surface area (Å²) in [5.74, 6) is -6.97. The van der Waals surface area contributed by atoms with Crippen molar-refractivity contribution in [3.63, 3.8) is 0 Å². The maximum atomic E-state index is 15.3. The lowest BCUT2D eigenvalue weighted by Gasteiger charge is -2.58. The molecule has 2 rings (SSSR count). The van der Waals surface area contributed by atoms with Gasteiger partial charge in [0.2, 0.25) is 0 Å². The molecule has 186 valence electrons. The van der Waals surface area contributed by atoms with Crippen molar-refractivity contribution in [2.75, 3.05) is 6.67 Å². The van der Waals surface area contributed by atoms with Crippen molar-refractivity contribution >= 4 is 23.5 Å². The van der Waals surface area contributed by atoms with Crippen LogP contribution in [-0.4, -0.2) is 40.9 Å². The van der Waals surface area contributed by atoms with Gasteiger partial charge in [0.1, 0.15) is 12.5 Å². The predicted octanol–water partition coefficient (Wildman–Crippen LogP) is 5.51. The molecule has 5 atom stereocenters. The topological polar surface area (TPSA) is 86.6 Å². The first-order valence-corrected chi connectivity index (χ1v) is 10.6. The Balaban J connectivity index is 3.17. The summed E-state index contributed by atoms with van der Waals surface area (Å²) in [6.45, 7) is 5.81. The summed E-state index contributed by atoms with van der Waals surface area (Å²) in [4.78, 5) is 25.4. The van der Waals surface area contributed by atoms with Crippen molar-refractivity contribution in [1.29, 1.82) is 0 Å². The molecule has 0 saturated carbocycles. The molecule has 1 saturated heterocycles. The third-order valence-electron chi connectivity index (χ3n) is 6.61. The average Bonchev–Trinajstić information content (AvgIpc) is 2.64. The van der Waals surface area contributed by atoms with Crippen LogP contribution >= 0.6 is 11.6 Å². The lowest BCUT2D eigenvalue weighted by atomic mass is 9.49. The standard InChI is InChI=1S/C22H27ClF5NO4/c1-10-21(18(32)33,9-19(2,3)4)16(20(5,17(30)31)13(8-24)29-10)14-12(25)7-6-11(23)15(14)22(26,27)28/h6-7,10,13,16,29H,8-9H2,1-5H3,(H,30,31)(H,32,33). The Labute approximate surface area is 193 Å². The Bertz CT molecular complexity index is 948. The first-order valence-electron chi connectivity index (χ1n) is 10.2. The molecular weight excluding hydrogens is 473 g/mol. The molecule has 1 fully saturated rings. The van der Waals surface area contributed by atoms with Crippen molar-refractivity contribution in [3.05, 3.63) is 34.1 Å². The molecule has 1 aliphatic rings. The monoisotopic (exact) mass is 499 g/mol. The van der Waals surface area contributed by atoms with Crippen molar-refractivity contribution in [1.82, 2.24) is 5.32 Å². The molecule has 0 radical (unpaired) electrons. The van der Waals surface area contributed by atoms with Crippen molar-refractivity contribution in [3.8, 4) is 0 Å². The van der Waals surface area contributed by atoms with Gasteiger partial charge >= 0.3 is 18.1 Å². The summed E-state index contributed by atoms with van der Waals surface area (Å²) in [6.07, 6.45) is -5.57. The highest BCUT2D eigenvalue weighted by Crippen LogP contribution is 2.61. The highest BCUT2D eigenvalue weighted by molar-refractivity contribution is 6.31. The van der Waals surface area contributed by atoms with E-state index < -0.39 is 81.0 Å². The number of carboxylic acids is 2. The fourth-order valence-corrected chi connectivity index (χ4v) is 5.57. The first-order chi connectivity index (χ1) is 14.9. The quantitative estimate of drug-likeness (QED) is 0.465. The van der Waals surface area contributed by atoms with Crippen LogP contribution in [0.5, 0.6) is 0 Å². The summed E-state index contributed by atoms with van der Waals surface area (Å²) in [7, 11) is 0. The van der Waals surface area contributed by atoms with E-state index in [4.69, 9.17) is 11.6 Å².